The van der Waals surface area contributed by atoms with Gasteiger partial charge in [0.05, 0.1) is 17.1 Å². The van der Waals surface area contributed by atoms with Gasteiger partial charge in [0, 0.05) is 66.3 Å². The first kappa shape index (κ1) is 36.2. The van der Waals surface area contributed by atoms with E-state index in [4.69, 9.17) is 4.98 Å². The molecule has 10 nitrogen and oxygen atoms in total. The summed E-state index contributed by atoms with van der Waals surface area (Å²) < 4.78 is 3.83. The molecule has 1 unspecified atom stereocenters. The fourth-order valence-electron chi connectivity index (χ4n) is 6.31. The summed E-state index contributed by atoms with van der Waals surface area (Å²) in [5, 5.41) is 10.9. The van der Waals surface area contributed by atoms with E-state index in [1.54, 1.807) is 24.7 Å². The molecule has 0 fully saturated rings. The second-order valence-corrected chi connectivity index (χ2v) is 14.8. The largest absolute Gasteiger partial charge is 0.339 e. The zero-order valence-corrected chi connectivity index (χ0v) is 32.0. The number of carbonyl (C=O) groups excluding carboxylic acids is 2. The molecule has 2 N–H and O–H groups in total. The van der Waals surface area contributed by atoms with E-state index in [1.807, 2.05) is 123 Å². The summed E-state index contributed by atoms with van der Waals surface area (Å²) in [6.45, 7) is 3.19. The van der Waals surface area contributed by atoms with Gasteiger partial charge in [0.15, 0.2) is 10.3 Å². The van der Waals surface area contributed by atoms with Gasteiger partial charge in [0.25, 0.3) is 11.8 Å². The third kappa shape index (κ3) is 8.62. The van der Waals surface area contributed by atoms with Crippen LogP contribution in [0.4, 0.5) is 10.3 Å². The minimum Gasteiger partial charge on any atom is -0.339 e. The maximum Gasteiger partial charge on any atom is 0.274 e. The van der Waals surface area contributed by atoms with Crippen molar-refractivity contribution in [2.24, 2.45) is 0 Å². The van der Waals surface area contributed by atoms with Crippen molar-refractivity contribution in [3.05, 3.63) is 190 Å². The molecule has 56 heavy (non-hydrogen) atoms. The Hall–Kier alpha value is -6.76. The Kier molecular flexibility index (Phi) is 10.8. The minimum absolute atomic E-state index is 0.126. The fourth-order valence-corrected chi connectivity index (χ4v) is 7.78. The molecule has 0 aliphatic carbocycles. The number of nitrogens with zero attached hydrogens (tertiary/aromatic N) is 6. The smallest absolute Gasteiger partial charge is 0.274 e. The van der Waals surface area contributed by atoms with E-state index in [-0.39, 0.29) is 17.7 Å². The van der Waals surface area contributed by atoms with Crippen LogP contribution in [0.5, 0.6) is 0 Å². The number of thiazole rings is 2. The van der Waals surface area contributed by atoms with Crippen LogP contribution >= 0.6 is 22.7 Å². The Morgan fingerprint density at radius 3 is 2.12 bits per heavy atom. The van der Waals surface area contributed by atoms with Gasteiger partial charge in [-0.25, -0.2) is 9.97 Å². The number of amides is 2. The molecule has 12 heteroatoms. The van der Waals surface area contributed by atoms with E-state index in [0.717, 1.165) is 39.3 Å². The first-order valence-electron chi connectivity index (χ1n) is 18.0. The summed E-state index contributed by atoms with van der Waals surface area (Å²) in [5.74, 6) is -0.300. The highest BCUT2D eigenvalue weighted by Crippen LogP contribution is 2.28. The predicted molar refractivity (Wildman–Crippen MR) is 224 cm³/mol. The number of aromatic nitrogens is 6. The maximum absolute atomic E-state index is 13.4. The Morgan fingerprint density at radius 1 is 0.696 bits per heavy atom. The molecule has 276 valence electrons. The Labute approximate surface area is 331 Å². The molecule has 0 bridgehead atoms. The van der Waals surface area contributed by atoms with Gasteiger partial charge < -0.3 is 9.13 Å². The highest BCUT2D eigenvalue weighted by atomic mass is 32.1. The molecule has 0 saturated heterocycles. The first-order chi connectivity index (χ1) is 27.4. The van der Waals surface area contributed by atoms with Crippen molar-refractivity contribution in [2.45, 2.75) is 25.9 Å². The standard InChI is InChI=1S/C44H36N8O2S2/c1-30(34-9-3-2-4-10-34)38-29-56-44(48-38)50-42(54)40-13-7-23-52(40)27-33-18-21-46-37(25-33)35-11-5-8-31(24-35)14-15-36-28-55-43(47-36)49-41(53)39-12-6-22-51(39)26-32-16-19-45-20-17-32/h2-25,28-30H,26-27H2,1H3,(H,47,49,53)(H,48,50,54)/b15-14-. The van der Waals surface area contributed by atoms with Gasteiger partial charge in [-0.3, -0.25) is 30.2 Å². The second-order valence-electron chi connectivity index (χ2n) is 13.1. The van der Waals surface area contributed by atoms with Crippen LogP contribution in [0.2, 0.25) is 0 Å². The summed E-state index contributed by atoms with van der Waals surface area (Å²) in [6.07, 6.45) is 13.0. The quantitative estimate of drug-likeness (QED) is 0.121. The lowest BCUT2D eigenvalue weighted by atomic mass is 9.99. The van der Waals surface area contributed by atoms with E-state index < -0.39 is 0 Å². The number of hydrogen-bond acceptors (Lipinski definition) is 8. The lowest BCUT2D eigenvalue weighted by Crippen LogP contribution is -2.17. The second kappa shape index (κ2) is 16.7. The van der Waals surface area contributed by atoms with E-state index in [0.29, 0.717) is 34.7 Å². The van der Waals surface area contributed by atoms with Crippen molar-refractivity contribution in [3.8, 4) is 11.3 Å². The van der Waals surface area contributed by atoms with Crippen LogP contribution < -0.4 is 10.6 Å². The number of pyridine rings is 2. The van der Waals surface area contributed by atoms with Gasteiger partial charge in [-0.05, 0) is 82.9 Å². The summed E-state index contributed by atoms with van der Waals surface area (Å²) >= 11 is 2.80. The topological polar surface area (TPSA) is 120 Å². The molecular weight excluding hydrogens is 737 g/mol. The average Bonchev–Trinajstić information content (AvgIpc) is 4.07. The Morgan fingerprint density at radius 2 is 1.38 bits per heavy atom. The molecule has 1 atom stereocenters. The molecule has 6 aromatic heterocycles. The molecule has 8 rings (SSSR count). The van der Waals surface area contributed by atoms with Crippen LogP contribution in [0.3, 0.4) is 0 Å². The lowest BCUT2D eigenvalue weighted by molar-refractivity contribution is 0.101. The molecule has 0 spiro atoms. The fraction of sp³-hybridized carbons (Fsp3) is 0.0909. The van der Waals surface area contributed by atoms with E-state index >= 15 is 0 Å². The van der Waals surface area contributed by atoms with Crippen LogP contribution in [0.25, 0.3) is 23.4 Å². The van der Waals surface area contributed by atoms with Gasteiger partial charge in [-0.15, -0.1) is 22.7 Å². The van der Waals surface area contributed by atoms with Crippen LogP contribution in [0.1, 0.15) is 67.5 Å². The van der Waals surface area contributed by atoms with Crippen LogP contribution in [-0.2, 0) is 13.1 Å². The zero-order valence-electron chi connectivity index (χ0n) is 30.3. The number of hydrogen-bond donors (Lipinski definition) is 2. The zero-order chi connectivity index (χ0) is 38.3. The number of nitrogens with one attached hydrogen (secondary N) is 2. The summed E-state index contributed by atoms with van der Waals surface area (Å²) in [6, 6.07) is 33.6. The molecular formula is C44H36N8O2S2. The van der Waals surface area contributed by atoms with Crippen molar-refractivity contribution in [3.63, 3.8) is 0 Å². The average molecular weight is 773 g/mol. The summed E-state index contributed by atoms with van der Waals surface area (Å²) in [5.41, 5.74) is 8.78. The van der Waals surface area contributed by atoms with Crippen molar-refractivity contribution >= 4 is 56.9 Å². The lowest BCUT2D eigenvalue weighted by Gasteiger charge is -2.11. The van der Waals surface area contributed by atoms with Gasteiger partial charge in [-0.2, -0.15) is 0 Å². The number of carbonyl (C=O) groups is 2. The van der Waals surface area contributed by atoms with Crippen LogP contribution in [0.15, 0.2) is 145 Å². The SMILES string of the molecule is CC(c1ccccc1)c1csc(NC(=O)c2cccn2Cc2ccnc(-c3cccc(/C=C\c4csc(NC(=O)c5cccn5Cc5ccncc5)n4)c3)c2)n1. The molecule has 6 heterocycles. The normalized spacial score (nSPS) is 11.8. The van der Waals surface area contributed by atoms with Crippen molar-refractivity contribution < 1.29 is 9.59 Å². The van der Waals surface area contributed by atoms with Crippen molar-refractivity contribution in [1.82, 2.24) is 29.1 Å². The summed E-state index contributed by atoms with van der Waals surface area (Å²) in [4.78, 5) is 44.5. The molecule has 2 amide bonds. The third-order valence-electron chi connectivity index (χ3n) is 9.26. The van der Waals surface area contributed by atoms with Crippen LogP contribution in [0, 0.1) is 0 Å². The van der Waals surface area contributed by atoms with Gasteiger partial charge in [0.1, 0.15) is 11.4 Å². The van der Waals surface area contributed by atoms with E-state index in [9.17, 15) is 9.59 Å². The molecule has 0 aliphatic heterocycles. The minimum atomic E-state index is -0.216. The predicted octanol–water partition coefficient (Wildman–Crippen LogP) is 9.58. The molecule has 0 saturated carbocycles. The third-order valence-corrected chi connectivity index (χ3v) is 10.8. The van der Waals surface area contributed by atoms with Crippen molar-refractivity contribution in [2.75, 3.05) is 10.6 Å². The van der Waals surface area contributed by atoms with Crippen LogP contribution in [-0.4, -0.2) is 40.9 Å². The highest BCUT2D eigenvalue weighted by Gasteiger charge is 2.17. The summed E-state index contributed by atoms with van der Waals surface area (Å²) in [7, 11) is 0. The number of benzene rings is 2. The van der Waals surface area contributed by atoms with E-state index in [1.165, 1.54) is 28.2 Å². The maximum atomic E-state index is 13.4. The molecule has 2 aromatic carbocycles. The van der Waals surface area contributed by atoms with Crippen molar-refractivity contribution in [1.29, 1.82) is 0 Å². The Balaban J connectivity index is 0.893. The van der Waals surface area contributed by atoms with Gasteiger partial charge >= 0.3 is 0 Å². The molecule has 8 aromatic rings. The highest BCUT2D eigenvalue weighted by molar-refractivity contribution is 7.14. The Bertz CT molecular complexity index is 2620. The number of anilines is 2. The first-order valence-corrected chi connectivity index (χ1v) is 19.7. The number of rotatable bonds is 13. The van der Waals surface area contributed by atoms with E-state index in [2.05, 4.69) is 50.7 Å². The van der Waals surface area contributed by atoms with Gasteiger partial charge in [0.2, 0.25) is 0 Å². The molecule has 0 aliphatic rings. The van der Waals surface area contributed by atoms with Gasteiger partial charge in [-0.1, -0.05) is 61.5 Å². The monoisotopic (exact) mass is 772 g/mol. The molecule has 0 radical (unpaired) electrons.